The van der Waals surface area contributed by atoms with Crippen molar-refractivity contribution in [2.45, 2.75) is 36.6 Å². The van der Waals surface area contributed by atoms with E-state index in [4.69, 9.17) is 15.2 Å². The molecule has 2 N–H and O–H groups in total. The maximum absolute atomic E-state index is 14.7. The number of ether oxygens (including phenoxy) is 2. The Kier molecular flexibility index (Phi) is 2.75. The van der Waals surface area contributed by atoms with Crippen LogP contribution in [0.1, 0.15) is 12.8 Å². The zero-order valence-electron chi connectivity index (χ0n) is 12.9. The summed E-state index contributed by atoms with van der Waals surface area (Å²) in [5.74, 6) is -1.33. The lowest BCUT2D eigenvalue weighted by Crippen LogP contribution is -2.90. The van der Waals surface area contributed by atoms with Crippen LogP contribution in [0.2, 0.25) is 0 Å². The van der Waals surface area contributed by atoms with Gasteiger partial charge in [-0.05, 0) is 12.8 Å². The molecule has 1 saturated carbocycles. The Labute approximate surface area is 137 Å². The summed E-state index contributed by atoms with van der Waals surface area (Å²) in [6.45, 7) is 0.873. The molecular formula is C16H17F2N3O3. The standard InChI is InChI=1S/C16H17F2N3O3/c17-10-3-8(20-6-9(5-19)24-15(20)22)4-11(18)14(10)21-12-1-2-16(12)13(21)7-23-16/h3-4,9,12-13H,1-2,5-7,19H2/t9-,12?,13?,16?/m0/s1. The van der Waals surface area contributed by atoms with Crippen molar-refractivity contribution in [3.8, 4) is 0 Å². The van der Waals surface area contributed by atoms with Crippen LogP contribution < -0.4 is 15.5 Å². The number of cyclic esters (lactones) is 1. The zero-order chi connectivity index (χ0) is 16.6. The number of anilines is 2. The summed E-state index contributed by atoms with van der Waals surface area (Å²) in [7, 11) is 0. The first-order chi connectivity index (χ1) is 11.5. The van der Waals surface area contributed by atoms with Gasteiger partial charge in [-0.25, -0.2) is 13.6 Å². The minimum atomic E-state index is -0.665. The van der Waals surface area contributed by atoms with E-state index in [1.54, 1.807) is 4.90 Å². The summed E-state index contributed by atoms with van der Waals surface area (Å²) < 4.78 is 40.0. The Morgan fingerprint density at radius 3 is 2.50 bits per heavy atom. The lowest BCUT2D eigenvalue weighted by Gasteiger charge is -2.75. The largest absolute Gasteiger partial charge is 0.443 e. The molecule has 1 spiro atoms. The third kappa shape index (κ3) is 1.58. The van der Waals surface area contributed by atoms with Crippen LogP contribution in [0.25, 0.3) is 0 Å². The number of rotatable bonds is 3. The molecule has 1 aromatic rings. The molecule has 0 aromatic heterocycles. The monoisotopic (exact) mass is 337 g/mol. The van der Waals surface area contributed by atoms with E-state index < -0.39 is 23.8 Å². The van der Waals surface area contributed by atoms with Crippen LogP contribution in [-0.4, -0.2) is 49.6 Å². The Hall–Kier alpha value is -1.93. The third-order valence-electron chi connectivity index (χ3n) is 5.83. The maximum Gasteiger partial charge on any atom is 0.414 e. The van der Waals surface area contributed by atoms with Crippen molar-refractivity contribution in [1.82, 2.24) is 0 Å². The summed E-state index contributed by atoms with van der Waals surface area (Å²) >= 11 is 0. The SMILES string of the molecule is NC[C@H]1CN(c2cc(F)c(N3C4CCC45OCC35)c(F)c2)C(=O)O1. The van der Waals surface area contributed by atoms with Crippen molar-refractivity contribution in [3.63, 3.8) is 0 Å². The number of benzene rings is 1. The first-order valence-corrected chi connectivity index (χ1v) is 8.15. The molecule has 1 aliphatic carbocycles. The highest BCUT2D eigenvalue weighted by molar-refractivity contribution is 5.90. The van der Waals surface area contributed by atoms with Crippen LogP contribution in [0.3, 0.4) is 0 Å². The fourth-order valence-electron chi connectivity index (χ4n) is 4.43. The quantitative estimate of drug-likeness (QED) is 0.902. The van der Waals surface area contributed by atoms with Gasteiger partial charge in [0.2, 0.25) is 0 Å². The molecule has 4 fully saturated rings. The van der Waals surface area contributed by atoms with Crippen LogP contribution in [-0.2, 0) is 9.47 Å². The molecule has 0 radical (unpaired) electrons. The molecule has 1 amide bonds. The number of hydrogen-bond donors (Lipinski definition) is 1. The number of nitrogens with two attached hydrogens (primary N) is 1. The van der Waals surface area contributed by atoms with E-state index in [9.17, 15) is 13.6 Å². The van der Waals surface area contributed by atoms with Crippen molar-refractivity contribution in [2.24, 2.45) is 5.73 Å². The van der Waals surface area contributed by atoms with Gasteiger partial charge in [0.1, 0.15) is 17.4 Å². The number of carbonyl (C=O) groups excluding carboxylic acids is 1. The molecule has 1 aromatic carbocycles. The lowest BCUT2D eigenvalue weighted by atomic mass is 9.57. The average Bonchev–Trinajstić information content (AvgIpc) is 2.85. The zero-order valence-corrected chi connectivity index (χ0v) is 12.9. The van der Waals surface area contributed by atoms with Gasteiger partial charge in [-0.15, -0.1) is 0 Å². The van der Waals surface area contributed by atoms with E-state index in [1.165, 1.54) is 17.0 Å². The van der Waals surface area contributed by atoms with Gasteiger partial charge in [0.15, 0.2) is 11.6 Å². The Bertz CT molecular complexity index is 702. The topological polar surface area (TPSA) is 68.0 Å². The first kappa shape index (κ1) is 14.4. The van der Waals surface area contributed by atoms with Crippen LogP contribution in [0.15, 0.2) is 12.1 Å². The van der Waals surface area contributed by atoms with Crippen LogP contribution in [0.5, 0.6) is 0 Å². The second-order valence-electron chi connectivity index (χ2n) is 6.85. The van der Waals surface area contributed by atoms with E-state index >= 15 is 0 Å². The van der Waals surface area contributed by atoms with E-state index in [2.05, 4.69) is 0 Å². The van der Waals surface area contributed by atoms with Crippen LogP contribution >= 0.6 is 0 Å². The molecule has 4 aliphatic rings. The summed E-state index contributed by atoms with van der Waals surface area (Å²) in [5.41, 5.74) is 5.46. The van der Waals surface area contributed by atoms with Gasteiger partial charge in [0.05, 0.1) is 30.9 Å². The number of amides is 1. The highest BCUT2D eigenvalue weighted by Gasteiger charge is 2.73. The molecule has 8 heteroatoms. The molecular weight excluding hydrogens is 320 g/mol. The Morgan fingerprint density at radius 1 is 1.29 bits per heavy atom. The van der Waals surface area contributed by atoms with Crippen molar-refractivity contribution >= 4 is 17.5 Å². The second kappa shape index (κ2) is 4.58. The van der Waals surface area contributed by atoms with Gasteiger partial charge in [-0.3, -0.25) is 4.90 Å². The van der Waals surface area contributed by atoms with Gasteiger partial charge in [0, 0.05) is 18.7 Å². The molecule has 24 heavy (non-hydrogen) atoms. The molecule has 6 nitrogen and oxygen atoms in total. The highest BCUT2D eigenvalue weighted by atomic mass is 19.1. The van der Waals surface area contributed by atoms with E-state index in [1.807, 2.05) is 0 Å². The summed E-state index contributed by atoms with van der Waals surface area (Å²) in [5, 5.41) is 0. The number of carbonyl (C=O) groups is 1. The summed E-state index contributed by atoms with van der Waals surface area (Å²) in [4.78, 5) is 14.8. The molecule has 3 heterocycles. The number of piperidine rings is 1. The maximum atomic E-state index is 14.7. The van der Waals surface area contributed by atoms with Crippen molar-refractivity contribution in [3.05, 3.63) is 23.8 Å². The predicted molar refractivity (Wildman–Crippen MR) is 81.0 cm³/mol. The predicted octanol–water partition coefficient (Wildman–Crippen LogP) is 1.37. The van der Waals surface area contributed by atoms with Gasteiger partial charge < -0.3 is 20.1 Å². The molecule has 3 unspecified atom stereocenters. The molecule has 128 valence electrons. The average molecular weight is 337 g/mol. The van der Waals surface area contributed by atoms with Crippen molar-refractivity contribution in [1.29, 1.82) is 0 Å². The van der Waals surface area contributed by atoms with Gasteiger partial charge in [-0.1, -0.05) is 0 Å². The number of hydrogen-bond acceptors (Lipinski definition) is 5. The molecule has 3 aliphatic heterocycles. The van der Waals surface area contributed by atoms with Crippen molar-refractivity contribution < 1.29 is 23.0 Å². The van der Waals surface area contributed by atoms with E-state index in [0.29, 0.717) is 6.61 Å². The fourth-order valence-corrected chi connectivity index (χ4v) is 4.43. The smallest absolute Gasteiger partial charge is 0.414 e. The lowest BCUT2D eigenvalue weighted by molar-refractivity contribution is -0.276. The second-order valence-corrected chi connectivity index (χ2v) is 6.85. The first-order valence-electron chi connectivity index (χ1n) is 8.15. The number of halogens is 2. The molecule has 0 bridgehead atoms. The van der Waals surface area contributed by atoms with E-state index in [0.717, 1.165) is 12.8 Å². The Morgan fingerprint density at radius 2 is 2.04 bits per heavy atom. The minimum absolute atomic E-state index is 0.0182. The molecule has 5 rings (SSSR count). The molecule has 3 saturated heterocycles. The highest BCUT2D eigenvalue weighted by Crippen LogP contribution is 2.60. The third-order valence-corrected chi connectivity index (χ3v) is 5.83. The van der Waals surface area contributed by atoms with E-state index in [-0.39, 0.29) is 42.1 Å². The fraction of sp³-hybridized carbons (Fsp3) is 0.562. The van der Waals surface area contributed by atoms with Crippen LogP contribution in [0, 0.1) is 11.6 Å². The van der Waals surface area contributed by atoms with Crippen LogP contribution in [0.4, 0.5) is 25.0 Å². The molecule has 4 atom stereocenters. The summed E-state index contributed by atoms with van der Waals surface area (Å²) in [6, 6.07) is 2.50. The normalized spacial score (nSPS) is 36.3. The van der Waals surface area contributed by atoms with Gasteiger partial charge in [0.25, 0.3) is 0 Å². The Balaban J connectivity index is 1.46. The van der Waals surface area contributed by atoms with Crippen molar-refractivity contribution in [2.75, 3.05) is 29.5 Å². The number of morpholine rings is 1. The minimum Gasteiger partial charge on any atom is -0.443 e. The summed E-state index contributed by atoms with van der Waals surface area (Å²) in [6.07, 6.45) is 0.751. The van der Waals surface area contributed by atoms with Gasteiger partial charge >= 0.3 is 6.09 Å². The van der Waals surface area contributed by atoms with Gasteiger partial charge in [-0.2, -0.15) is 0 Å². The number of nitrogens with zero attached hydrogens (tertiary/aromatic N) is 2.